The second-order valence-corrected chi connectivity index (χ2v) is 4.12. The summed E-state index contributed by atoms with van der Waals surface area (Å²) in [6.07, 6.45) is 0.577. The first-order valence-electron chi connectivity index (χ1n) is 6.35. The molecule has 1 aromatic heterocycles. The topological polar surface area (TPSA) is 74.5 Å². The van der Waals surface area contributed by atoms with Gasteiger partial charge in [-0.1, -0.05) is 5.16 Å². The number of hydrogen-bond acceptors (Lipinski definition) is 6. The van der Waals surface area contributed by atoms with Crippen LogP contribution in [-0.4, -0.2) is 23.0 Å². The molecule has 0 radical (unpaired) electrons. The lowest BCUT2D eigenvalue weighted by atomic mass is 10.2. The van der Waals surface area contributed by atoms with Crippen molar-refractivity contribution in [3.05, 3.63) is 41.5 Å². The van der Waals surface area contributed by atoms with Crippen LogP contribution in [0.15, 0.2) is 28.8 Å². The largest absolute Gasteiger partial charge is 0.484 e. The molecular formula is C14H16N2O4. The lowest BCUT2D eigenvalue weighted by Gasteiger charge is -2.05. The monoisotopic (exact) mass is 276 g/mol. The third-order valence-corrected chi connectivity index (χ3v) is 2.64. The molecule has 1 atom stereocenters. The second kappa shape index (κ2) is 6.81. The van der Waals surface area contributed by atoms with Crippen LogP contribution in [0.5, 0.6) is 5.75 Å². The summed E-state index contributed by atoms with van der Waals surface area (Å²) in [5.41, 5.74) is 0.600. The number of rotatable bonds is 7. The molecule has 6 heteroatoms. The first kappa shape index (κ1) is 14.2. The Labute approximate surface area is 116 Å². The third kappa shape index (κ3) is 3.64. The van der Waals surface area contributed by atoms with Crippen LogP contribution in [0, 0.1) is 0 Å². The predicted octanol–water partition coefficient (Wildman–Crippen LogP) is 2.56. The quantitative estimate of drug-likeness (QED) is 0.723. The molecule has 1 heterocycles. The van der Waals surface area contributed by atoms with Crippen LogP contribution in [0.3, 0.4) is 0 Å². The number of aromatic nitrogens is 2. The Morgan fingerprint density at radius 3 is 2.75 bits per heavy atom. The molecule has 0 saturated carbocycles. The maximum Gasteiger partial charge on any atom is 0.264 e. The molecule has 2 rings (SSSR count). The van der Waals surface area contributed by atoms with Crippen molar-refractivity contribution in [1.29, 1.82) is 0 Å². The van der Waals surface area contributed by atoms with Gasteiger partial charge in [0.15, 0.2) is 12.4 Å². The molecule has 0 aliphatic carbocycles. The van der Waals surface area contributed by atoms with Gasteiger partial charge >= 0.3 is 0 Å². The van der Waals surface area contributed by atoms with Gasteiger partial charge in [0.1, 0.15) is 18.1 Å². The van der Waals surface area contributed by atoms with Crippen LogP contribution in [0.1, 0.15) is 42.0 Å². The summed E-state index contributed by atoms with van der Waals surface area (Å²) >= 11 is 0. The van der Waals surface area contributed by atoms with Crippen molar-refractivity contribution >= 4 is 6.29 Å². The molecule has 0 fully saturated rings. The second-order valence-electron chi connectivity index (χ2n) is 4.12. The van der Waals surface area contributed by atoms with Crippen LogP contribution in [-0.2, 0) is 11.3 Å². The van der Waals surface area contributed by atoms with E-state index in [-0.39, 0.29) is 12.7 Å². The number of hydrogen-bond donors (Lipinski definition) is 0. The van der Waals surface area contributed by atoms with Gasteiger partial charge in [0.05, 0.1) is 0 Å². The van der Waals surface area contributed by atoms with Gasteiger partial charge in [-0.15, -0.1) is 0 Å². The van der Waals surface area contributed by atoms with Crippen molar-refractivity contribution in [2.45, 2.75) is 26.6 Å². The average Bonchev–Trinajstić information content (AvgIpc) is 2.95. The van der Waals surface area contributed by atoms with E-state index in [2.05, 4.69) is 10.1 Å². The van der Waals surface area contributed by atoms with Gasteiger partial charge in [-0.25, -0.2) is 0 Å². The lowest BCUT2D eigenvalue weighted by molar-refractivity contribution is 0.0683. The van der Waals surface area contributed by atoms with Crippen molar-refractivity contribution in [3.63, 3.8) is 0 Å². The first-order valence-corrected chi connectivity index (χ1v) is 6.35. The Hall–Kier alpha value is -2.21. The van der Waals surface area contributed by atoms with E-state index in [4.69, 9.17) is 14.0 Å². The van der Waals surface area contributed by atoms with E-state index < -0.39 is 0 Å². The van der Waals surface area contributed by atoms with Crippen LogP contribution in [0.4, 0.5) is 0 Å². The van der Waals surface area contributed by atoms with Gasteiger partial charge in [-0.2, -0.15) is 4.98 Å². The number of carbonyl (C=O) groups excluding carboxylic acids is 1. The van der Waals surface area contributed by atoms with Gasteiger partial charge in [-0.3, -0.25) is 4.79 Å². The van der Waals surface area contributed by atoms with Gasteiger partial charge in [-0.05, 0) is 38.1 Å². The molecule has 0 aliphatic rings. The predicted molar refractivity (Wildman–Crippen MR) is 70.5 cm³/mol. The number of aldehydes is 1. The van der Waals surface area contributed by atoms with Gasteiger partial charge in [0.2, 0.25) is 0 Å². The summed E-state index contributed by atoms with van der Waals surface area (Å²) in [5, 5.41) is 3.84. The zero-order chi connectivity index (χ0) is 14.4. The molecule has 1 aromatic carbocycles. The highest BCUT2D eigenvalue weighted by molar-refractivity contribution is 5.74. The van der Waals surface area contributed by atoms with E-state index in [1.54, 1.807) is 24.3 Å². The Balaban J connectivity index is 1.91. The van der Waals surface area contributed by atoms with Gasteiger partial charge < -0.3 is 14.0 Å². The molecule has 106 valence electrons. The fraction of sp³-hybridized carbons (Fsp3) is 0.357. The van der Waals surface area contributed by atoms with Crippen molar-refractivity contribution < 1.29 is 18.8 Å². The summed E-state index contributed by atoms with van der Waals surface area (Å²) in [4.78, 5) is 14.7. The van der Waals surface area contributed by atoms with E-state index >= 15 is 0 Å². The zero-order valence-corrected chi connectivity index (χ0v) is 11.4. The average molecular weight is 276 g/mol. The minimum atomic E-state index is -0.204. The highest BCUT2D eigenvalue weighted by Crippen LogP contribution is 2.15. The number of ether oxygens (including phenoxy) is 2. The maximum atomic E-state index is 10.5. The summed E-state index contributed by atoms with van der Waals surface area (Å²) in [6.45, 7) is 4.53. The van der Waals surface area contributed by atoms with Crippen molar-refractivity contribution in [2.24, 2.45) is 0 Å². The molecule has 0 bridgehead atoms. The van der Waals surface area contributed by atoms with Gasteiger partial charge in [0.25, 0.3) is 5.89 Å². The Bertz CT molecular complexity index is 551. The van der Waals surface area contributed by atoms with Crippen molar-refractivity contribution in [3.8, 4) is 5.75 Å². The van der Waals surface area contributed by atoms with E-state index in [1.807, 2.05) is 13.8 Å². The molecule has 0 spiro atoms. The third-order valence-electron chi connectivity index (χ3n) is 2.64. The molecule has 0 aliphatic heterocycles. The summed E-state index contributed by atoms with van der Waals surface area (Å²) in [5.74, 6) is 1.51. The van der Waals surface area contributed by atoms with E-state index in [0.717, 1.165) is 6.29 Å². The van der Waals surface area contributed by atoms with Crippen LogP contribution in [0.25, 0.3) is 0 Å². The minimum absolute atomic E-state index is 0.173. The number of carbonyl (C=O) groups is 1. The van der Waals surface area contributed by atoms with Crippen molar-refractivity contribution in [1.82, 2.24) is 10.1 Å². The normalized spacial score (nSPS) is 12.1. The molecular weight excluding hydrogens is 260 g/mol. The Morgan fingerprint density at radius 2 is 2.10 bits per heavy atom. The van der Waals surface area contributed by atoms with Crippen LogP contribution in [0.2, 0.25) is 0 Å². The zero-order valence-electron chi connectivity index (χ0n) is 11.4. The molecule has 0 N–H and O–H groups in total. The van der Waals surface area contributed by atoms with E-state index in [9.17, 15) is 4.79 Å². The van der Waals surface area contributed by atoms with Crippen molar-refractivity contribution in [2.75, 3.05) is 6.61 Å². The first-order chi connectivity index (χ1) is 9.72. The summed E-state index contributed by atoms with van der Waals surface area (Å²) in [7, 11) is 0. The minimum Gasteiger partial charge on any atom is -0.484 e. The van der Waals surface area contributed by atoms with Gasteiger partial charge in [0, 0.05) is 12.2 Å². The molecule has 6 nitrogen and oxygen atoms in total. The number of benzene rings is 1. The fourth-order valence-electron chi connectivity index (χ4n) is 1.60. The molecule has 0 saturated heterocycles. The highest BCUT2D eigenvalue weighted by atomic mass is 16.5. The van der Waals surface area contributed by atoms with Crippen LogP contribution >= 0.6 is 0 Å². The molecule has 20 heavy (non-hydrogen) atoms. The summed E-state index contributed by atoms with van der Waals surface area (Å²) in [6, 6.07) is 6.78. The smallest absolute Gasteiger partial charge is 0.264 e. The Kier molecular flexibility index (Phi) is 4.84. The lowest BCUT2D eigenvalue weighted by Crippen LogP contribution is -2.02. The SMILES string of the molecule is CCO[C@H](C)c1noc(COc2ccc(C=O)cc2)n1. The van der Waals surface area contributed by atoms with E-state index in [0.29, 0.717) is 29.6 Å². The Morgan fingerprint density at radius 1 is 1.35 bits per heavy atom. The van der Waals surface area contributed by atoms with Crippen LogP contribution < -0.4 is 4.74 Å². The standard InChI is InChI=1S/C14H16N2O4/c1-3-18-10(2)14-15-13(20-16-14)9-19-12-6-4-11(8-17)5-7-12/h4-8,10H,3,9H2,1-2H3/t10-/m1/s1. The molecule has 2 aromatic rings. The summed E-state index contributed by atoms with van der Waals surface area (Å²) < 4.78 is 15.9. The molecule has 0 amide bonds. The molecule has 0 unspecified atom stereocenters. The number of nitrogens with zero attached hydrogens (tertiary/aromatic N) is 2. The maximum absolute atomic E-state index is 10.5. The van der Waals surface area contributed by atoms with E-state index in [1.165, 1.54) is 0 Å². The highest BCUT2D eigenvalue weighted by Gasteiger charge is 2.13. The fourth-order valence-corrected chi connectivity index (χ4v) is 1.60.